The highest BCUT2D eigenvalue weighted by Gasteiger charge is 2.68. The molecular formula is C22H25ClN2O8. The maximum Gasteiger partial charge on any atom is 0.255 e. The molecule has 1 aromatic rings. The molecule has 0 aliphatic heterocycles. The molecular weight excluding hydrogens is 456 g/mol. The minimum Gasteiger partial charge on any atom is -0.508 e. The average molecular weight is 481 g/mol. The van der Waals surface area contributed by atoms with E-state index in [1.165, 1.54) is 25.1 Å². The minimum absolute atomic E-state index is 0. The lowest BCUT2D eigenvalue weighted by Crippen LogP contribution is -2.70. The van der Waals surface area contributed by atoms with E-state index in [1.54, 1.807) is 19.1 Å². The molecule has 178 valence electrons. The van der Waals surface area contributed by atoms with Crippen molar-refractivity contribution in [2.45, 2.75) is 30.6 Å². The number of ketones is 2. The Kier molecular flexibility index (Phi) is 5.87. The first kappa shape index (κ1) is 24.7. The molecule has 10 nitrogen and oxygen atoms in total. The Bertz CT molecular complexity index is 1140. The van der Waals surface area contributed by atoms with Gasteiger partial charge in [-0.05, 0) is 31.6 Å². The fraction of sp³-hybridized carbons (Fsp3) is 0.409. The fourth-order valence-electron chi connectivity index (χ4n) is 5.58. The molecule has 0 spiro atoms. The predicted octanol–water partition coefficient (Wildman–Crippen LogP) is -0.0824. The normalized spacial score (nSPS) is 33.3. The van der Waals surface area contributed by atoms with E-state index in [0.29, 0.717) is 5.56 Å². The van der Waals surface area contributed by atoms with Crippen LogP contribution in [0.4, 0.5) is 0 Å². The molecule has 3 aliphatic carbocycles. The molecule has 1 fully saturated rings. The number of aliphatic hydroxyl groups excluding tert-OH is 3. The molecule has 4 rings (SSSR count). The Morgan fingerprint density at radius 2 is 1.76 bits per heavy atom. The molecule has 0 saturated heterocycles. The predicted molar refractivity (Wildman–Crippen MR) is 118 cm³/mol. The Labute approximate surface area is 195 Å². The SMILES string of the molecule is C[C@H]1c2cccc(O)c2C(O)=C2C(=O)[C@]3(O)C(O)=C(C(N)=O)C(=O)[C@@H](N(C)C)C3[C@@H](O)C21.Cl. The topological polar surface area (TPSA) is 182 Å². The van der Waals surface area contributed by atoms with Gasteiger partial charge >= 0.3 is 0 Å². The first-order valence-corrected chi connectivity index (χ1v) is 10.0. The molecule has 3 aliphatic rings. The second kappa shape index (κ2) is 7.84. The van der Waals surface area contributed by atoms with Crippen LogP contribution in [-0.4, -0.2) is 79.7 Å². The number of fused-ring (bicyclic) bond motifs is 3. The zero-order chi connectivity index (χ0) is 23.9. The third-order valence-corrected chi connectivity index (χ3v) is 6.99. The van der Waals surface area contributed by atoms with E-state index in [9.17, 15) is 39.9 Å². The maximum atomic E-state index is 13.7. The number of hydrogen-bond donors (Lipinski definition) is 6. The number of carbonyl (C=O) groups is 3. The number of benzene rings is 1. The highest BCUT2D eigenvalue weighted by Crippen LogP contribution is 2.55. The minimum atomic E-state index is -2.89. The van der Waals surface area contributed by atoms with Crippen LogP contribution in [0, 0.1) is 11.8 Å². The lowest BCUT2D eigenvalue weighted by atomic mass is 9.54. The van der Waals surface area contributed by atoms with Gasteiger partial charge in [-0.15, -0.1) is 12.4 Å². The van der Waals surface area contributed by atoms with Gasteiger partial charge in [-0.3, -0.25) is 19.3 Å². The molecule has 1 saturated carbocycles. The number of likely N-dealkylation sites (N-methyl/N-ethyl adjacent to an activating group) is 1. The van der Waals surface area contributed by atoms with Crippen molar-refractivity contribution in [3.8, 4) is 5.75 Å². The van der Waals surface area contributed by atoms with Crippen LogP contribution in [0.1, 0.15) is 24.0 Å². The van der Waals surface area contributed by atoms with Gasteiger partial charge < -0.3 is 31.3 Å². The van der Waals surface area contributed by atoms with Crippen molar-refractivity contribution in [3.63, 3.8) is 0 Å². The van der Waals surface area contributed by atoms with Crippen LogP contribution in [-0.2, 0) is 14.4 Å². The van der Waals surface area contributed by atoms with E-state index < -0.39 is 75.6 Å². The lowest BCUT2D eigenvalue weighted by molar-refractivity contribution is -0.169. The highest BCUT2D eigenvalue weighted by atomic mass is 35.5. The monoisotopic (exact) mass is 480 g/mol. The lowest BCUT2D eigenvalue weighted by Gasteiger charge is -2.53. The number of amides is 1. The number of aliphatic hydroxyl groups is 4. The molecule has 0 heterocycles. The maximum absolute atomic E-state index is 13.7. The first-order valence-electron chi connectivity index (χ1n) is 10.0. The van der Waals surface area contributed by atoms with Gasteiger partial charge in [0.25, 0.3) is 5.91 Å². The van der Waals surface area contributed by atoms with Gasteiger partial charge in [0, 0.05) is 11.5 Å². The van der Waals surface area contributed by atoms with E-state index in [2.05, 4.69) is 0 Å². The second-order valence-corrected chi connectivity index (χ2v) is 8.79. The number of phenolic OH excluding ortho intramolecular Hbond substituents is 1. The van der Waals surface area contributed by atoms with Gasteiger partial charge in [-0.1, -0.05) is 19.1 Å². The molecule has 0 bridgehead atoms. The van der Waals surface area contributed by atoms with E-state index in [0.717, 1.165) is 0 Å². The van der Waals surface area contributed by atoms with Gasteiger partial charge in [0.15, 0.2) is 11.4 Å². The van der Waals surface area contributed by atoms with Crippen molar-refractivity contribution in [2.75, 3.05) is 14.1 Å². The van der Waals surface area contributed by atoms with E-state index in [1.807, 2.05) is 0 Å². The van der Waals surface area contributed by atoms with Crippen molar-refractivity contribution in [2.24, 2.45) is 17.6 Å². The Morgan fingerprint density at radius 3 is 2.30 bits per heavy atom. The number of rotatable bonds is 2. The summed E-state index contributed by atoms with van der Waals surface area (Å²) < 4.78 is 0. The highest BCUT2D eigenvalue weighted by molar-refractivity contribution is 6.24. The molecule has 7 N–H and O–H groups in total. The number of halogens is 1. The summed E-state index contributed by atoms with van der Waals surface area (Å²) in [6.45, 7) is 1.68. The van der Waals surface area contributed by atoms with Gasteiger partial charge in [-0.25, -0.2) is 0 Å². The molecule has 11 heteroatoms. The van der Waals surface area contributed by atoms with Crippen molar-refractivity contribution in [1.82, 2.24) is 4.90 Å². The van der Waals surface area contributed by atoms with Crippen LogP contribution in [0.5, 0.6) is 5.75 Å². The third-order valence-electron chi connectivity index (χ3n) is 6.99. The zero-order valence-corrected chi connectivity index (χ0v) is 18.8. The summed E-state index contributed by atoms with van der Waals surface area (Å²) in [5, 5.41) is 54.9. The third kappa shape index (κ3) is 2.95. The molecule has 6 atom stereocenters. The summed E-state index contributed by atoms with van der Waals surface area (Å²) in [5.74, 6) is -8.87. The molecule has 1 amide bonds. The first-order chi connectivity index (χ1) is 14.9. The summed E-state index contributed by atoms with van der Waals surface area (Å²) in [4.78, 5) is 40.0. The van der Waals surface area contributed by atoms with Crippen LogP contribution < -0.4 is 5.73 Å². The average Bonchev–Trinajstić information content (AvgIpc) is 2.70. The number of phenols is 1. The van der Waals surface area contributed by atoms with E-state index >= 15 is 0 Å². The van der Waals surface area contributed by atoms with Crippen LogP contribution in [0.3, 0.4) is 0 Å². The molecule has 0 aromatic heterocycles. The van der Waals surface area contributed by atoms with Gasteiger partial charge in [0.05, 0.1) is 23.6 Å². The zero-order valence-electron chi connectivity index (χ0n) is 18.0. The Balaban J connectivity index is 0.00000306. The van der Waals surface area contributed by atoms with Gasteiger partial charge in [-0.2, -0.15) is 0 Å². The van der Waals surface area contributed by atoms with Crippen LogP contribution in [0.15, 0.2) is 35.1 Å². The summed E-state index contributed by atoms with van der Waals surface area (Å²) in [7, 11) is 2.92. The molecule has 2 unspecified atom stereocenters. The standard InChI is InChI=1S/C22H24N2O8.ClH/c1-7-8-5-4-6-9(25)11(8)16(26)12-10(7)17(27)14-15(24(2)3)18(28)13(21(23)31)20(30)22(14,32)19(12)29;/h4-7,10,14-15,17,25-27,30,32H,1-3H3,(H2,23,31);1H/t7-,10?,14?,15-,17-,22-;/m0./s1. The quantitative estimate of drug-likeness (QED) is 0.315. The van der Waals surface area contributed by atoms with Crippen LogP contribution >= 0.6 is 12.4 Å². The summed E-state index contributed by atoms with van der Waals surface area (Å²) in [5.41, 5.74) is 1.47. The number of carbonyl (C=O) groups excluding carboxylic acids is 3. The summed E-state index contributed by atoms with van der Waals surface area (Å²) >= 11 is 0. The number of nitrogens with two attached hydrogens (primary N) is 1. The number of hydrogen-bond acceptors (Lipinski definition) is 9. The van der Waals surface area contributed by atoms with Crippen molar-refractivity contribution < 1.29 is 39.9 Å². The Morgan fingerprint density at radius 1 is 1.15 bits per heavy atom. The number of nitrogens with zero attached hydrogens (tertiary/aromatic N) is 1. The molecule has 1 aromatic carbocycles. The van der Waals surface area contributed by atoms with Crippen molar-refractivity contribution in [1.29, 1.82) is 0 Å². The second-order valence-electron chi connectivity index (χ2n) is 8.79. The summed E-state index contributed by atoms with van der Waals surface area (Å²) in [6.07, 6.45) is -1.59. The Hall–Kier alpha value is -2.92. The van der Waals surface area contributed by atoms with E-state index in [-0.39, 0.29) is 23.7 Å². The number of aromatic hydroxyl groups is 1. The van der Waals surface area contributed by atoms with Crippen molar-refractivity contribution in [3.05, 3.63) is 46.2 Å². The molecule has 0 radical (unpaired) electrons. The summed E-state index contributed by atoms with van der Waals surface area (Å²) in [6, 6.07) is 3.13. The fourth-order valence-corrected chi connectivity index (χ4v) is 5.58. The van der Waals surface area contributed by atoms with Gasteiger partial charge in [0.1, 0.15) is 22.8 Å². The largest absolute Gasteiger partial charge is 0.508 e. The van der Waals surface area contributed by atoms with Gasteiger partial charge in [0.2, 0.25) is 5.78 Å². The number of Topliss-reactive ketones (excluding diaryl/α,β-unsaturated/α-hetero) is 2. The van der Waals surface area contributed by atoms with Crippen molar-refractivity contribution >= 4 is 35.6 Å². The molecule has 33 heavy (non-hydrogen) atoms. The number of primary amides is 1. The van der Waals surface area contributed by atoms with Crippen LogP contribution in [0.2, 0.25) is 0 Å². The van der Waals surface area contributed by atoms with Crippen LogP contribution in [0.25, 0.3) is 5.76 Å². The van der Waals surface area contributed by atoms with E-state index in [4.69, 9.17) is 5.73 Å². The smallest absolute Gasteiger partial charge is 0.255 e.